The number of nitrogens with one attached hydrogen (secondary N) is 1. The maximum absolute atomic E-state index is 13.8. The van der Waals surface area contributed by atoms with Crippen LogP contribution in [-0.4, -0.2) is 27.5 Å². The van der Waals surface area contributed by atoms with Crippen LogP contribution >= 0.6 is 46.3 Å². The summed E-state index contributed by atoms with van der Waals surface area (Å²) in [7, 11) is 0. The van der Waals surface area contributed by atoms with Gasteiger partial charge in [0.1, 0.15) is 17.6 Å². The molecule has 1 aromatic heterocycles. The maximum Gasteiger partial charge on any atom is 0.308 e. The maximum atomic E-state index is 13.8. The summed E-state index contributed by atoms with van der Waals surface area (Å²) < 4.78 is 14.9. The van der Waals surface area contributed by atoms with E-state index in [-0.39, 0.29) is 17.1 Å². The highest BCUT2D eigenvalue weighted by atomic mass is 35.5. The number of carbonyl (C=O) groups is 3. The van der Waals surface area contributed by atoms with Crippen molar-refractivity contribution >= 4 is 75.4 Å². The van der Waals surface area contributed by atoms with E-state index < -0.39 is 40.6 Å². The third kappa shape index (κ3) is 4.75. The first kappa shape index (κ1) is 26.8. The molecule has 6 rings (SSSR count). The SMILES string of the molecule is O=C(Cn1c2c(sc1=O)[C@H](c1ccc(Cl)cc1)C1C(=O)N(c3ccc(F)cc3)C(=O)C1S2)Nc1ccc(Cl)cc1. The second kappa shape index (κ2) is 10.5. The van der Waals surface area contributed by atoms with Crippen molar-refractivity contribution in [3.05, 3.63) is 109 Å². The molecule has 3 amide bonds. The van der Waals surface area contributed by atoms with Gasteiger partial charge in [-0.3, -0.25) is 23.7 Å². The average molecular weight is 615 g/mol. The molecule has 1 saturated heterocycles. The van der Waals surface area contributed by atoms with E-state index in [1.165, 1.54) is 28.8 Å². The minimum atomic E-state index is -0.856. The van der Waals surface area contributed by atoms with Crippen LogP contribution in [0.25, 0.3) is 0 Å². The van der Waals surface area contributed by atoms with Crippen LogP contribution in [-0.2, 0) is 20.9 Å². The third-order valence-electron chi connectivity index (χ3n) is 6.79. The molecule has 2 aliphatic heterocycles. The number of thioether (sulfide) groups is 1. The molecule has 1 fully saturated rings. The highest BCUT2D eigenvalue weighted by molar-refractivity contribution is 8.00. The van der Waals surface area contributed by atoms with Crippen LogP contribution in [0, 0.1) is 11.7 Å². The Morgan fingerprint density at radius 2 is 1.50 bits per heavy atom. The highest BCUT2D eigenvalue weighted by Gasteiger charge is 2.56. The fourth-order valence-corrected chi connectivity index (χ4v) is 8.03. The number of thiazole rings is 1. The van der Waals surface area contributed by atoms with Crippen LogP contribution in [0.15, 0.2) is 82.6 Å². The van der Waals surface area contributed by atoms with Gasteiger partial charge in [-0.2, -0.15) is 0 Å². The van der Waals surface area contributed by atoms with Gasteiger partial charge in [-0.05, 0) is 66.2 Å². The van der Waals surface area contributed by atoms with Crippen LogP contribution in [0.4, 0.5) is 15.8 Å². The number of hydrogen-bond acceptors (Lipinski definition) is 6. The Hall–Kier alpha value is -3.44. The van der Waals surface area contributed by atoms with E-state index in [0.29, 0.717) is 31.2 Å². The van der Waals surface area contributed by atoms with E-state index in [2.05, 4.69) is 5.32 Å². The van der Waals surface area contributed by atoms with Crippen LogP contribution in [0.2, 0.25) is 10.0 Å². The molecule has 0 aliphatic carbocycles. The van der Waals surface area contributed by atoms with Gasteiger partial charge in [0.15, 0.2) is 0 Å². The number of hydrogen-bond donors (Lipinski definition) is 1. The van der Waals surface area contributed by atoms with Gasteiger partial charge in [0, 0.05) is 26.5 Å². The zero-order chi connectivity index (χ0) is 28.1. The fraction of sp³-hybridized carbons (Fsp3) is 0.143. The van der Waals surface area contributed by atoms with Crippen LogP contribution < -0.4 is 15.1 Å². The lowest BCUT2D eigenvalue weighted by atomic mass is 9.83. The average Bonchev–Trinajstić information content (AvgIpc) is 3.37. The summed E-state index contributed by atoms with van der Waals surface area (Å²) in [5, 5.41) is 3.37. The number of benzene rings is 3. The molecule has 3 aromatic carbocycles. The van der Waals surface area contributed by atoms with Gasteiger partial charge in [0.2, 0.25) is 17.7 Å². The van der Waals surface area contributed by atoms with E-state index in [1.54, 1.807) is 48.5 Å². The largest absolute Gasteiger partial charge is 0.325 e. The molecule has 0 saturated carbocycles. The fourth-order valence-electron chi connectivity index (χ4n) is 5.01. The lowest BCUT2D eigenvalue weighted by molar-refractivity contribution is -0.122. The van der Waals surface area contributed by atoms with Crippen molar-refractivity contribution in [3.8, 4) is 0 Å². The molecule has 3 heterocycles. The first-order valence-electron chi connectivity index (χ1n) is 12.1. The molecule has 0 spiro atoms. The molecule has 0 bridgehead atoms. The molecule has 4 aromatic rings. The van der Waals surface area contributed by atoms with Crippen molar-refractivity contribution in [2.45, 2.75) is 22.7 Å². The molecular weight excluding hydrogens is 596 g/mol. The van der Waals surface area contributed by atoms with E-state index in [9.17, 15) is 23.6 Å². The summed E-state index contributed by atoms with van der Waals surface area (Å²) >= 11 is 14.1. The summed E-state index contributed by atoms with van der Waals surface area (Å²) in [5.41, 5.74) is 1.50. The lowest BCUT2D eigenvalue weighted by Gasteiger charge is -2.30. The number of anilines is 2. The van der Waals surface area contributed by atoms with Crippen molar-refractivity contribution in [1.82, 2.24) is 4.57 Å². The molecule has 7 nitrogen and oxygen atoms in total. The first-order valence-corrected chi connectivity index (χ1v) is 14.5. The molecule has 2 aliphatic rings. The second-order valence-electron chi connectivity index (χ2n) is 9.26. The van der Waals surface area contributed by atoms with Gasteiger partial charge >= 0.3 is 4.87 Å². The molecular formula is C28H18Cl2FN3O4S2. The van der Waals surface area contributed by atoms with Gasteiger partial charge in [-0.25, -0.2) is 9.29 Å². The summed E-state index contributed by atoms with van der Waals surface area (Å²) in [5.74, 6) is -3.27. The Morgan fingerprint density at radius 1 is 0.875 bits per heavy atom. The first-order chi connectivity index (χ1) is 19.2. The van der Waals surface area contributed by atoms with Crippen molar-refractivity contribution in [2.75, 3.05) is 10.2 Å². The number of nitrogens with zero attached hydrogens (tertiary/aromatic N) is 2. The van der Waals surface area contributed by atoms with Gasteiger partial charge in [-0.1, -0.05) is 58.4 Å². The Bertz CT molecular complexity index is 1710. The Labute approximate surface area is 245 Å². The summed E-state index contributed by atoms with van der Waals surface area (Å²) in [4.78, 5) is 54.9. The third-order valence-corrected chi connectivity index (χ3v) is 9.90. The minimum Gasteiger partial charge on any atom is -0.325 e. The molecule has 3 atom stereocenters. The predicted molar refractivity (Wildman–Crippen MR) is 154 cm³/mol. The summed E-state index contributed by atoms with van der Waals surface area (Å²) in [6, 6.07) is 18.6. The van der Waals surface area contributed by atoms with Crippen molar-refractivity contribution in [1.29, 1.82) is 0 Å². The number of amides is 3. The predicted octanol–water partition coefficient (Wildman–Crippen LogP) is 5.79. The minimum absolute atomic E-state index is 0.268. The second-order valence-corrected chi connectivity index (χ2v) is 12.3. The van der Waals surface area contributed by atoms with Gasteiger partial charge < -0.3 is 5.32 Å². The topological polar surface area (TPSA) is 88.5 Å². The number of fused-ring (bicyclic) bond motifs is 2. The van der Waals surface area contributed by atoms with Crippen LogP contribution in [0.5, 0.6) is 0 Å². The van der Waals surface area contributed by atoms with Crippen molar-refractivity contribution in [2.24, 2.45) is 5.92 Å². The van der Waals surface area contributed by atoms with Gasteiger partial charge in [0.25, 0.3) is 0 Å². The monoisotopic (exact) mass is 613 g/mol. The number of rotatable bonds is 5. The highest BCUT2D eigenvalue weighted by Crippen LogP contribution is 2.53. The Kier molecular flexibility index (Phi) is 7.03. The number of carbonyl (C=O) groups excluding carboxylic acids is 3. The normalized spacial score (nSPS) is 19.9. The van der Waals surface area contributed by atoms with Gasteiger partial charge in [0.05, 0.1) is 16.6 Å². The molecule has 1 N–H and O–H groups in total. The molecule has 40 heavy (non-hydrogen) atoms. The molecule has 2 unspecified atom stereocenters. The zero-order valence-corrected chi connectivity index (χ0v) is 23.5. The molecule has 0 radical (unpaired) electrons. The molecule has 12 heteroatoms. The van der Waals surface area contributed by atoms with Crippen LogP contribution in [0.3, 0.4) is 0 Å². The zero-order valence-electron chi connectivity index (χ0n) is 20.3. The quantitative estimate of drug-likeness (QED) is 0.288. The van der Waals surface area contributed by atoms with E-state index >= 15 is 0 Å². The van der Waals surface area contributed by atoms with Crippen LogP contribution in [0.1, 0.15) is 16.4 Å². The van der Waals surface area contributed by atoms with Crippen molar-refractivity contribution in [3.63, 3.8) is 0 Å². The molecule has 202 valence electrons. The van der Waals surface area contributed by atoms with E-state index in [0.717, 1.165) is 28.0 Å². The number of halogens is 3. The Balaban J connectivity index is 1.40. The van der Waals surface area contributed by atoms with E-state index in [1.807, 2.05) is 0 Å². The standard InChI is InChI=1S/C28H18Cl2FN3O4S2/c29-15-3-1-14(2-4-15)21-22-23(26(37)34(25(22)36)19-11-7-17(31)8-12-19)39-27-24(21)40-28(38)33(27)13-20(35)32-18-9-5-16(30)6-10-18/h1-12,21-23H,13H2,(H,32,35)/t21-,22?,23?/m1/s1. The number of aromatic nitrogens is 1. The Morgan fingerprint density at radius 3 is 2.15 bits per heavy atom. The summed E-state index contributed by atoms with van der Waals surface area (Å²) in [6.45, 7) is -0.283. The number of imide groups is 1. The van der Waals surface area contributed by atoms with Crippen molar-refractivity contribution < 1.29 is 18.8 Å². The lowest BCUT2D eigenvalue weighted by Crippen LogP contribution is -2.33. The summed E-state index contributed by atoms with van der Waals surface area (Å²) in [6.07, 6.45) is 0. The smallest absolute Gasteiger partial charge is 0.308 e. The van der Waals surface area contributed by atoms with E-state index in [4.69, 9.17) is 23.2 Å². The van der Waals surface area contributed by atoms with Gasteiger partial charge in [-0.15, -0.1) is 0 Å².